The Morgan fingerprint density at radius 1 is 1.41 bits per heavy atom. The molecule has 9 nitrogen and oxygen atoms in total. The lowest BCUT2D eigenvalue weighted by molar-refractivity contribution is -0.133. The third-order valence-corrected chi connectivity index (χ3v) is 4.48. The van der Waals surface area contributed by atoms with Gasteiger partial charge in [0.15, 0.2) is 5.82 Å². The van der Waals surface area contributed by atoms with Gasteiger partial charge in [0.1, 0.15) is 12.3 Å². The van der Waals surface area contributed by atoms with Gasteiger partial charge in [-0.25, -0.2) is 12.7 Å². The molecule has 0 N–H and O–H groups in total. The Bertz CT molecular complexity index is 648. The smallest absolute Gasteiger partial charge is 0.243 e. The topological polar surface area (TPSA) is 104 Å². The number of amides is 2. The number of anilines is 1. The lowest BCUT2D eigenvalue weighted by Gasteiger charge is -2.33. The highest BCUT2D eigenvalue weighted by Crippen LogP contribution is 2.17. The third-order valence-electron chi connectivity index (χ3n) is 3.37. The minimum absolute atomic E-state index is 0.0832. The van der Waals surface area contributed by atoms with Crippen LogP contribution in [-0.2, 0) is 19.6 Å². The van der Waals surface area contributed by atoms with E-state index in [9.17, 15) is 18.0 Å². The zero-order valence-corrected chi connectivity index (χ0v) is 13.2. The number of aromatic nitrogens is 1. The summed E-state index contributed by atoms with van der Waals surface area (Å²) in [5, 5.41) is 3.65. The van der Waals surface area contributed by atoms with Crippen LogP contribution in [0.25, 0.3) is 0 Å². The van der Waals surface area contributed by atoms with Crippen molar-refractivity contribution < 1.29 is 22.5 Å². The number of sulfonamides is 1. The van der Waals surface area contributed by atoms with Crippen LogP contribution in [-0.4, -0.2) is 74.7 Å². The lowest BCUT2D eigenvalue weighted by atomic mass is 10.3. The Labute approximate surface area is 128 Å². The standard InChI is InChI=1S/C12H18N4O5S/c1-10-7-11(13-21-10)16(22(2,19)20)8-12(18)15-5-3-14(9-17)4-6-15/h7,9H,3-6,8H2,1-2H3. The largest absolute Gasteiger partial charge is 0.360 e. The average Bonchev–Trinajstić information content (AvgIpc) is 2.89. The van der Waals surface area contributed by atoms with Crippen molar-refractivity contribution in [3.63, 3.8) is 0 Å². The zero-order chi connectivity index (χ0) is 16.3. The molecule has 1 aromatic rings. The predicted molar refractivity (Wildman–Crippen MR) is 77.6 cm³/mol. The highest BCUT2D eigenvalue weighted by molar-refractivity contribution is 7.92. The van der Waals surface area contributed by atoms with E-state index in [-0.39, 0.29) is 18.3 Å². The molecule has 0 spiro atoms. The summed E-state index contributed by atoms with van der Waals surface area (Å²) in [5.41, 5.74) is 0. The minimum atomic E-state index is -3.66. The fourth-order valence-corrected chi connectivity index (χ4v) is 2.91. The van der Waals surface area contributed by atoms with Crippen LogP contribution in [0.15, 0.2) is 10.6 Å². The second kappa shape index (κ2) is 6.34. The summed E-state index contributed by atoms with van der Waals surface area (Å²) >= 11 is 0. The summed E-state index contributed by atoms with van der Waals surface area (Å²) in [5.74, 6) is 0.201. The molecule has 2 heterocycles. The second-order valence-corrected chi connectivity index (χ2v) is 6.99. The Balaban J connectivity index is 2.08. The van der Waals surface area contributed by atoms with E-state index in [1.165, 1.54) is 11.0 Å². The molecule has 0 aliphatic carbocycles. The van der Waals surface area contributed by atoms with Crippen LogP contribution < -0.4 is 4.31 Å². The molecule has 0 atom stereocenters. The molecule has 122 valence electrons. The van der Waals surface area contributed by atoms with Gasteiger partial charge in [-0.15, -0.1) is 0 Å². The number of hydrogen-bond donors (Lipinski definition) is 0. The van der Waals surface area contributed by atoms with Crippen molar-refractivity contribution >= 4 is 28.2 Å². The van der Waals surface area contributed by atoms with E-state index in [4.69, 9.17) is 4.52 Å². The summed E-state index contributed by atoms with van der Waals surface area (Å²) in [6.07, 6.45) is 1.75. The first-order valence-corrected chi connectivity index (χ1v) is 8.54. The molecule has 0 bridgehead atoms. The molecule has 22 heavy (non-hydrogen) atoms. The first-order chi connectivity index (χ1) is 10.3. The van der Waals surface area contributed by atoms with Gasteiger partial charge in [-0.05, 0) is 6.92 Å². The van der Waals surface area contributed by atoms with Gasteiger partial charge in [-0.1, -0.05) is 5.16 Å². The summed E-state index contributed by atoms with van der Waals surface area (Å²) in [7, 11) is -3.66. The van der Waals surface area contributed by atoms with E-state index in [1.54, 1.807) is 11.8 Å². The van der Waals surface area contributed by atoms with Gasteiger partial charge in [0.05, 0.1) is 6.26 Å². The van der Waals surface area contributed by atoms with E-state index in [0.717, 1.165) is 17.0 Å². The number of carbonyl (C=O) groups excluding carboxylic acids is 2. The van der Waals surface area contributed by atoms with Crippen LogP contribution in [0.2, 0.25) is 0 Å². The highest BCUT2D eigenvalue weighted by Gasteiger charge is 2.27. The van der Waals surface area contributed by atoms with E-state index < -0.39 is 10.0 Å². The van der Waals surface area contributed by atoms with Gasteiger partial charge in [0, 0.05) is 32.2 Å². The van der Waals surface area contributed by atoms with Crippen LogP contribution in [0.5, 0.6) is 0 Å². The summed E-state index contributed by atoms with van der Waals surface area (Å²) in [4.78, 5) is 26.0. The normalized spacial score (nSPS) is 15.7. The van der Waals surface area contributed by atoms with Crippen molar-refractivity contribution in [3.05, 3.63) is 11.8 Å². The van der Waals surface area contributed by atoms with Crippen LogP contribution in [0.4, 0.5) is 5.82 Å². The highest BCUT2D eigenvalue weighted by atomic mass is 32.2. The summed E-state index contributed by atoms with van der Waals surface area (Å²) in [6, 6.07) is 1.46. The molecule has 0 saturated carbocycles. The monoisotopic (exact) mass is 330 g/mol. The van der Waals surface area contributed by atoms with Crippen molar-refractivity contribution in [3.8, 4) is 0 Å². The number of carbonyl (C=O) groups is 2. The van der Waals surface area contributed by atoms with Crippen molar-refractivity contribution in [1.82, 2.24) is 15.0 Å². The third kappa shape index (κ3) is 3.75. The zero-order valence-electron chi connectivity index (χ0n) is 12.4. The number of nitrogens with zero attached hydrogens (tertiary/aromatic N) is 4. The number of aryl methyl sites for hydroxylation is 1. The number of piperazine rings is 1. The first kappa shape index (κ1) is 16.3. The Morgan fingerprint density at radius 2 is 2.05 bits per heavy atom. The average molecular weight is 330 g/mol. The molecular weight excluding hydrogens is 312 g/mol. The molecular formula is C12H18N4O5S. The van der Waals surface area contributed by atoms with E-state index >= 15 is 0 Å². The Hall–Kier alpha value is -2.10. The predicted octanol–water partition coefficient (Wildman–Crippen LogP) is -0.950. The molecule has 1 fully saturated rings. The fraction of sp³-hybridized carbons (Fsp3) is 0.583. The maximum absolute atomic E-state index is 12.3. The molecule has 1 aromatic heterocycles. The van der Waals surface area contributed by atoms with Gasteiger partial charge >= 0.3 is 0 Å². The van der Waals surface area contributed by atoms with Crippen LogP contribution in [0.3, 0.4) is 0 Å². The summed E-state index contributed by atoms with van der Waals surface area (Å²) in [6.45, 7) is 2.94. The van der Waals surface area contributed by atoms with Crippen molar-refractivity contribution in [2.24, 2.45) is 0 Å². The molecule has 0 unspecified atom stereocenters. The number of rotatable bonds is 5. The maximum Gasteiger partial charge on any atom is 0.243 e. The minimum Gasteiger partial charge on any atom is -0.360 e. The fourth-order valence-electron chi connectivity index (χ4n) is 2.14. The first-order valence-electron chi connectivity index (χ1n) is 6.69. The SMILES string of the molecule is Cc1cc(N(CC(=O)N2CCN(C=O)CC2)S(C)(=O)=O)no1. The van der Waals surface area contributed by atoms with Gasteiger partial charge < -0.3 is 14.3 Å². The second-order valence-electron chi connectivity index (χ2n) is 5.09. The lowest BCUT2D eigenvalue weighted by Crippen LogP contribution is -2.51. The molecule has 1 saturated heterocycles. The van der Waals surface area contributed by atoms with E-state index in [1.807, 2.05) is 0 Å². The van der Waals surface area contributed by atoms with Gasteiger partial charge in [-0.2, -0.15) is 0 Å². The Morgan fingerprint density at radius 3 is 2.50 bits per heavy atom. The molecule has 2 rings (SSSR count). The molecule has 1 aliphatic heterocycles. The van der Waals surface area contributed by atoms with Crippen LogP contribution in [0, 0.1) is 6.92 Å². The van der Waals surface area contributed by atoms with Crippen LogP contribution >= 0.6 is 0 Å². The van der Waals surface area contributed by atoms with Crippen molar-refractivity contribution in [1.29, 1.82) is 0 Å². The molecule has 0 radical (unpaired) electrons. The molecule has 2 amide bonds. The molecule has 1 aliphatic rings. The quantitative estimate of drug-likeness (QED) is 0.645. The van der Waals surface area contributed by atoms with Gasteiger partial charge in [0.2, 0.25) is 22.3 Å². The van der Waals surface area contributed by atoms with Crippen LogP contribution in [0.1, 0.15) is 5.76 Å². The van der Waals surface area contributed by atoms with Gasteiger partial charge in [-0.3, -0.25) is 9.59 Å². The van der Waals surface area contributed by atoms with E-state index in [2.05, 4.69) is 5.16 Å². The van der Waals surface area contributed by atoms with Crippen molar-refractivity contribution in [2.75, 3.05) is 43.3 Å². The summed E-state index contributed by atoms with van der Waals surface area (Å²) < 4.78 is 29.5. The van der Waals surface area contributed by atoms with E-state index in [0.29, 0.717) is 31.9 Å². The Kier molecular flexibility index (Phi) is 4.69. The maximum atomic E-state index is 12.3. The number of hydrogen-bond acceptors (Lipinski definition) is 6. The van der Waals surface area contributed by atoms with Gasteiger partial charge in [0.25, 0.3) is 0 Å². The molecule has 0 aromatic carbocycles. The molecule has 10 heteroatoms. The van der Waals surface area contributed by atoms with Crippen molar-refractivity contribution in [2.45, 2.75) is 6.92 Å².